The summed E-state index contributed by atoms with van der Waals surface area (Å²) >= 11 is 3.25. The number of carbonyl (C=O) groups is 1. The smallest absolute Gasteiger partial charge is 0.257 e. The van der Waals surface area contributed by atoms with E-state index in [0.717, 1.165) is 23.9 Å². The number of nitrogens with zero attached hydrogens (tertiary/aromatic N) is 1. The van der Waals surface area contributed by atoms with Crippen molar-refractivity contribution in [2.45, 2.75) is 25.8 Å². The minimum absolute atomic E-state index is 0.156. The summed E-state index contributed by atoms with van der Waals surface area (Å²) in [6.07, 6.45) is 2.00. The Morgan fingerprint density at radius 2 is 2.31 bits per heavy atom. The van der Waals surface area contributed by atoms with E-state index in [0.29, 0.717) is 0 Å². The molecule has 1 amide bonds. The zero-order valence-electron chi connectivity index (χ0n) is 9.04. The van der Waals surface area contributed by atoms with E-state index in [9.17, 15) is 9.18 Å². The Bertz CT molecular complexity index is 421. The molecule has 1 heterocycles. The molecule has 0 N–H and O–H groups in total. The van der Waals surface area contributed by atoms with Crippen molar-refractivity contribution in [2.75, 3.05) is 6.54 Å². The van der Waals surface area contributed by atoms with Crippen LogP contribution in [-0.4, -0.2) is 23.4 Å². The fourth-order valence-electron chi connectivity index (χ4n) is 2.05. The van der Waals surface area contributed by atoms with Crippen LogP contribution in [0.1, 0.15) is 30.1 Å². The van der Waals surface area contributed by atoms with Crippen molar-refractivity contribution >= 4 is 21.8 Å². The maximum Gasteiger partial charge on any atom is 0.257 e. The van der Waals surface area contributed by atoms with Gasteiger partial charge in [0.1, 0.15) is 5.82 Å². The number of rotatable bonds is 1. The Labute approximate surface area is 103 Å². The largest absolute Gasteiger partial charge is 0.336 e. The highest BCUT2D eigenvalue weighted by Crippen LogP contribution is 2.22. The van der Waals surface area contributed by atoms with Gasteiger partial charge >= 0.3 is 0 Å². The van der Waals surface area contributed by atoms with Crippen molar-refractivity contribution in [3.05, 3.63) is 34.1 Å². The molecule has 16 heavy (non-hydrogen) atoms. The van der Waals surface area contributed by atoms with Gasteiger partial charge in [0.15, 0.2) is 0 Å². The summed E-state index contributed by atoms with van der Waals surface area (Å²) in [5, 5.41) is 0. The first-order valence-electron chi connectivity index (χ1n) is 5.35. The quantitative estimate of drug-likeness (QED) is 0.776. The first-order valence-corrected chi connectivity index (χ1v) is 6.15. The van der Waals surface area contributed by atoms with Crippen molar-refractivity contribution in [1.29, 1.82) is 0 Å². The van der Waals surface area contributed by atoms with Crippen molar-refractivity contribution < 1.29 is 9.18 Å². The minimum atomic E-state index is -0.452. The topological polar surface area (TPSA) is 20.3 Å². The van der Waals surface area contributed by atoms with Crippen LogP contribution >= 0.6 is 15.9 Å². The van der Waals surface area contributed by atoms with E-state index in [1.807, 2.05) is 6.92 Å². The van der Waals surface area contributed by atoms with Crippen LogP contribution in [0, 0.1) is 5.82 Å². The molecule has 2 nitrogen and oxygen atoms in total. The third-order valence-corrected chi connectivity index (χ3v) is 3.47. The number of amides is 1. The van der Waals surface area contributed by atoms with Crippen molar-refractivity contribution in [2.24, 2.45) is 0 Å². The van der Waals surface area contributed by atoms with Gasteiger partial charge in [0.25, 0.3) is 5.91 Å². The van der Waals surface area contributed by atoms with E-state index in [1.54, 1.807) is 17.0 Å². The lowest BCUT2D eigenvalue weighted by Crippen LogP contribution is -2.34. The average Bonchev–Trinajstić information content (AvgIpc) is 2.67. The van der Waals surface area contributed by atoms with Gasteiger partial charge in [-0.3, -0.25) is 4.79 Å². The average molecular weight is 286 g/mol. The lowest BCUT2D eigenvalue weighted by Gasteiger charge is -2.21. The molecular formula is C12H13BrFNO. The van der Waals surface area contributed by atoms with E-state index >= 15 is 0 Å². The second-order valence-electron chi connectivity index (χ2n) is 4.11. The fraction of sp³-hybridized carbons (Fsp3) is 0.417. The number of benzene rings is 1. The molecule has 4 heteroatoms. The second-order valence-corrected chi connectivity index (χ2v) is 5.03. The van der Waals surface area contributed by atoms with Gasteiger partial charge in [0, 0.05) is 17.1 Å². The summed E-state index contributed by atoms with van der Waals surface area (Å²) in [6, 6.07) is 4.67. The van der Waals surface area contributed by atoms with E-state index in [4.69, 9.17) is 0 Å². The number of hydrogen-bond donors (Lipinski definition) is 0. The number of likely N-dealkylation sites (tertiary alicyclic amines) is 1. The summed E-state index contributed by atoms with van der Waals surface area (Å²) in [6.45, 7) is 2.73. The molecule has 1 saturated heterocycles. The van der Waals surface area contributed by atoms with Crippen molar-refractivity contribution in [3.63, 3.8) is 0 Å². The molecule has 1 aromatic carbocycles. The normalized spacial score (nSPS) is 20.2. The van der Waals surface area contributed by atoms with E-state index < -0.39 is 5.82 Å². The first kappa shape index (κ1) is 11.6. The van der Waals surface area contributed by atoms with Crippen LogP contribution in [0.3, 0.4) is 0 Å². The minimum Gasteiger partial charge on any atom is -0.336 e. The summed E-state index contributed by atoms with van der Waals surface area (Å²) in [5.41, 5.74) is 0.156. The zero-order chi connectivity index (χ0) is 11.7. The van der Waals surface area contributed by atoms with Crippen LogP contribution in [0.5, 0.6) is 0 Å². The molecule has 1 aromatic rings. The fourth-order valence-corrected chi connectivity index (χ4v) is 2.41. The van der Waals surface area contributed by atoms with Crippen LogP contribution in [0.4, 0.5) is 4.39 Å². The molecule has 86 valence electrons. The molecule has 1 atom stereocenters. The predicted molar refractivity (Wildman–Crippen MR) is 63.8 cm³/mol. The lowest BCUT2D eigenvalue weighted by molar-refractivity contribution is 0.0742. The van der Waals surface area contributed by atoms with Crippen molar-refractivity contribution in [1.82, 2.24) is 4.90 Å². The first-order chi connectivity index (χ1) is 7.59. The molecule has 2 rings (SSSR count). The highest BCUT2D eigenvalue weighted by atomic mass is 79.9. The molecule has 0 aromatic heterocycles. The molecule has 0 saturated carbocycles. The summed E-state index contributed by atoms with van der Waals surface area (Å²) in [5.74, 6) is -0.656. The standard InChI is InChI=1S/C12H13BrFNO/c1-8-3-2-6-15(8)12(16)10-7-9(13)4-5-11(10)14/h4-5,7-8H,2-3,6H2,1H3. The molecule has 1 aliphatic rings. The van der Waals surface area contributed by atoms with Gasteiger partial charge in [-0.15, -0.1) is 0 Å². The highest BCUT2D eigenvalue weighted by Gasteiger charge is 2.27. The molecule has 0 spiro atoms. The van der Waals surface area contributed by atoms with Gasteiger partial charge < -0.3 is 4.90 Å². The number of carbonyl (C=O) groups excluding carboxylic acids is 1. The molecule has 0 aliphatic carbocycles. The molecule has 1 fully saturated rings. The molecule has 0 bridgehead atoms. The Morgan fingerprint density at radius 3 is 2.94 bits per heavy atom. The third-order valence-electron chi connectivity index (χ3n) is 2.97. The third kappa shape index (κ3) is 2.12. The second kappa shape index (κ2) is 4.53. The molecule has 0 radical (unpaired) electrons. The van der Waals surface area contributed by atoms with Gasteiger partial charge in [-0.05, 0) is 38.0 Å². The SMILES string of the molecule is CC1CCCN1C(=O)c1cc(Br)ccc1F. The van der Waals surface area contributed by atoms with E-state index in [2.05, 4.69) is 15.9 Å². The maximum absolute atomic E-state index is 13.5. The maximum atomic E-state index is 13.5. The van der Waals surface area contributed by atoms with Crippen LogP contribution in [-0.2, 0) is 0 Å². The van der Waals surface area contributed by atoms with Crippen molar-refractivity contribution in [3.8, 4) is 0 Å². The molecule has 1 aliphatic heterocycles. The Morgan fingerprint density at radius 1 is 1.56 bits per heavy atom. The van der Waals surface area contributed by atoms with E-state index in [1.165, 1.54) is 6.07 Å². The summed E-state index contributed by atoms with van der Waals surface area (Å²) in [7, 11) is 0. The zero-order valence-corrected chi connectivity index (χ0v) is 10.6. The van der Waals surface area contributed by atoms with Gasteiger partial charge in [-0.2, -0.15) is 0 Å². The van der Waals surface area contributed by atoms with Gasteiger partial charge in [0.2, 0.25) is 0 Å². The van der Waals surface area contributed by atoms with E-state index in [-0.39, 0.29) is 17.5 Å². The van der Waals surface area contributed by atoms with Gasteiger partial charge in [-0.25, -0.2) is 4.39 Å². The number of halogens is 2. The Balaban J connectivity index is 2.29. The van der Waals surface area contributed by atoms with Gasteiger partial charge in [-0.1, -0.05) is 15.9 Å². The molecule has 1 unspecified atom stereocenters. The lowest BCUT2D eigenvalue weighted by atomic mass is 10.1. The van der Waals surface area contributed by atoms with Gasteiger partial charge in [0.05, 0.1) is 5.56 Å². The van der Waals surface area contributed by atoms with Crippen LogP contribution in [0.15, 0.2) is 22.7 Å². The van der Waals surface area contributed by atoms with Crippen LogP contribution in [0.25, 0.3) is 0 Å². The highest BCUT2D eigenvalue weighted by molar-refractivity contribution is 9.10. The van der Waals surface area contributed by atoms with Crippen LogP contribution < -0.4 is 0 Å². The van der Waals surface area contributed by atoms with Crippen LogP contribution in [0.2, 0.25) is 0 Å². The predicted octanol–water partition coefficient (Wildman–Crippen LogP) is 3.21. The Kier molecular flexibility index (Phi) is 3.28. The Hall–Kier alpha value is -0.900. The number of hydrogen-bond acceptors (Lipinski definition) is 1. The molecular weight excluding hydrogens is 273 g/mol. The monoisotopic (exact) mass is 285 g/mol. The summed E-state index contributed by atoms with van der Waals surface area (Å²) in [4.78, 5) is 13.8. The summed E-state index contributed by atoms with van der Waals surface area (Å²) < 4.78 is 14.3.